The summed E-state index contributed by atoms with van der Waals surface area (Å²) in [6, 6.07) is 4.81. The first-order valence-corrected chi connectivity index (χ1v) is 4.33. The van der Waals surface area contributed by atoms with E-state index in [2.05, 4.69) is 6.07 Å². The number of hydrogen-bond acceptors (Lipinski definition) is 2. The summed E-state index contributed by atoms with van der Waals surface area (Å²) in [5, 5.41) is 0. The molecule has 1 heterocycles. The lowest BCUT2D eigenvalue weighted by molar-refractivity contribution is -0.0513. The quantitative estimate of drug-likeness (QED) is 0.738. The molecule has 0 bridgehead atoms. The molecule has 0 amide bonds. The average Bonchev–Trinajstić information content (AvgIpc) is 2.09. The first kappa shape index (κ1) is 9.40. The lowest BCUT2D eigenvalue weighted by Gasteiger charge is -2.25. The molecule has 75 valence electrons. The van der Waals surface area contributed by atoms with Crippen LogP contribution in [-0.2, 0) is 4.74 Å². The zero-order chi connectivity index (χ0) is 9.97. The van der Waals surface area contributed by atoms with Gasteiger partial charge in [0.1, 0.15) is 0 Å². The van der Waals surface area contributed by atoms with Crippen molar-refractivity contribution in [1.29, 1.82) is 0 Å². The van der Waals surface area contributed by atoms with E-state index in [4.69, 9.17) is 9.47 Å². The highest BCUT2D eigenvalue weighted by atomic mass is 19.2. The van der Waals surface area contributed by atoms with Crippen LogP contribution >= 0.6 is 0 Å². The summed E-state index contributed by atoms with van der Waals surface area (Å²) < 4.78 is 35.7. The van der Waals surface area contributed by atoms with Crippen LogP contribution < -0.4 is 4.74 Å². The molecule has 1 aliphatic heterocycles. The van der Waals surface area contributed by atoms with E-state index in [1.807, 2.05) is 0 Å². The maximum absolute atomic E-state index is 13.0. The predicted molar refractivity (Wildman–Crippen MR) is 45.0 cm³/mol. The van der Waals surface area contributed by atoms with E-state index in [1.165, 1.54) is 6.07 Å². The SMILES string of the molecule is Fc1cc[c]c(OCC2COC2)c1F. The van der Waals surface area contributed by atoms with E-state index in [0.29, 0.717) is 19.8 Å². The standard InChI is InChI=1S/C10H9F2O2/c11-8-2-1-3-9(10(8)12)14-6-7-4-13-5-7/h1-2,7H,4-6H2. The molecule has 0 aliphatic carbocycles. The molecule has 14 heavy (non-hydrogen) atoms. The minimum atomic E-state index is -0.979. The highest BCUT2D eigenvalue weighted by Gasteiger charge is 2.20. The van der Waals surface area contributed by atoms with Crippen LogP contribution in [0.25, 0.3) is 0 Å². The summed E-state index contributed by atoms with van der Waals surface area (Å²) in [4.78, 5) is 0. The zero-order valence-electron chi connectivity index (χ0n) is 7.43. The summed E-state index contributed by atoms with van der Waals surface area (Å²) in [5.41, 5.74) is 0. The minimum Gasteiger partial charge on any atom is -0.489 e. The first-order chi connectivity index (χ1) is 6.77. The fourth-order valence-electron chi connectivity index (χ4n) is 1.12. The summed E-state index contributed by atoms with van der Waals surface area (Å²) in [7, 11) is 0. The normalized spacial score (nSPS) is 16.4. The Morgan fingerprint density at radius 2 is 2.29 bits per heavy atom. The van der Waals surface area contributed by atoms with Crippen LogP contribution in [0.4, 0.5) is 8.78 Å². The van der Waals surface area contributed by atoms with Crippen molar-refractivity contribution in [2.75, 3.05) is 19.8 Å². The number of benzene rings is 1. The smallest absolute Gasteiger partial charge is 0.201 e. The average molecular weight is 199 g/mol. The Kier molecular flexibility index (Phi) is 2.63. The van der Waals surface area contributed by atoms with Crippen LogP contribution in [0.3, 0.4) is 0 Å². The summed E-state index contributed by atoms with van der Waals surface area (Å²) in [5.74, 6) is -1.76. The second-order valence-corrected chi connectivity index (χ2v) is 3.18. The van der Waals surface area contributed by atoms with Gasteiger partial charge in [-0.2, -0.15) is 4.39 Å². The third-order valence-electron chi connectivity index (χ3n) is 2.02. The molecule has 1 aromatic carbocycles. The summed E-state index contributed by atoms with van der Waals surface area (Å²) in [6.45, 7) is 1.59. The van der Waals surface area contributed by atoms with Gasteiger partial charge in [0.05, 0.1) is 19.8 Å². The molecule has 0 aromatic heterocycles. The Balaban J connectivity index is 1.97. The molecule has 0 spiro atoms. The third-order valence-corrected chi connectivity index (χ3v) is 2.02. The highest BCUT2D eigenvalue weighted by molar-refractivity contribution is 5.23. The topological polar surface area (TPSA) is 18.5 Å². The van der Waals surface area contributed by atoms with E-state index in [9.17, 15) is 8.78 Å². The van der Waals surface area contributed by atoms with Crippen LogP contribution in [-0.4, -0.2) is 19.8 Å². The first-order valence-electron chi connectivity index (χ1n) is 4.33. The molecule has 0 atom stereocenters. The lowest BCUT2D eigenvalue weighted by Crippen LogP contribution is -2.32. The number of halogens is 2. The summed E-state index contributed by atoms with van der Waals surface area (Å²) >= 11 is 0. The van der Waals surface area contributed by atoms with Crippen LogP contribution in [0.15, 0.2) is 12.1 Å². The molecule has 1 saturated heterocycles. The van der Waals surface area contributed by atoms with E-state index in [0.717, 1.165) is 6.07 Å². The maximum atomic E-state index is 13.0. The fraction of sp³-hybridized carbons (Fsp3) is 0.400. The van der Waals surface area contributed by atoms with Crippen molar-refractivity contribution in [3.8, 4) is 5.75 Å². The third kappa shape index (κ3) is 1.85. The highest BCUT2D eigenvalue weighted by Crippen LogP contribution is 2.20. The monoisotopic (exact) mass is 199 g/mol. The Morgan fingerprint density at radius 3 is 2.93 bits per heavy atom. The molecule has 1 aliphatic rings. The number of ether oxygens (including phenoxy) is 2. The van der Waals surface area contributed by atoms with Crippen molar-refractivity contribution < 1.29 is 18.3 Å². The van der Waals surface area contributed by atoms with Crippen molar-refractivity contribution >= 4 is 0 Å². The van der Waals surface area contributed by atoms with Gasteiger partial charge in [0.2, 0.25) is 5.82 Å². The zero-order valence-corrected chi connectivity index (χ0v) is 7.43. The minimum absolute atomic E-state index is 0.156. The van der Waals surface area contributed by atoms with Crippen LogP contribution in [0.2, 0.25) is 0 Å². The summed E-state index contributed by atoms with van der Waals surface area (Å²) in [6.07, 6.45) is 0. The Hall–Kier alpha value is -1.16. The van der Waals surface area contributed by atoms with Gasteiger partial charge in [-0.05, 0) is 12.1 Å². The molecular formula is C10H9F2O2. The molecule has 2 rings (SSSR count). The Labute approximate surface area is 80.4 Å². The molecular weight excluding hydrogens is 190 g/mol. The number of hydrogen-bond donors (Lipinski definition) is 0. The Bertz CT molecular complexity index is 324. The van der Waals surface area contributed by atoms with Gasteiger partial charge in [-0.1, -0.05) is 0 Å². The van der Waals surface area contributed by atoms with Crippen molar-refractivity contribution in [3.05, 3.63) is 29.8 Å². The van der Waals surface area contributed by atoms with Crippen molar-refractivity contribution in [1.82, 2.24) is 0 Å². The Morgan fingerprint density at radius 1 is 1.50 bits per heavy atom. The second kappa shape index (κ2) is 3.92. The maximum Gasteiger partial charge on any atom is 0.201 e. The van der Waals surface area contributed by atoms with Crippen LogP contribution in [0, 0.1) is 23.6 Å². The van der Waals surface area contributed by atoms with E-state index in [-0.39, 0.29) is 11.7 Å². The molecule has 0 N–H and O–H groups in total. The van der Waals surface area contributed by atoms with Crippen molar-refractivity contribution in [3.63, 3.8) is 0 Å². The lowest BCUT2D eigenvalue weighted by atomic mass is 10.1. The van der Waals surface area contributed by atoms with Crippen LogP contribution in [0.5, 0.6) is 5.75 Å². The van der Waals surface area contributed by atoms with Gasteiger partial charge in [-0.15, -0.1) is 0 Å². The molecule has 0 saturated carbocycles. The fourth-order valence-corrected chi connectivity index (χ4v) is 1.12. The predicted octanol–water partition coefficient (Wildman–Crippen LogP) is 1.79. The van der Waals surface area contributed by atoms with Gasteiger partial charge >= 0.3 is 0 Å². The van der Waals surface area contributed by atoms with Gasteiger partial charge in [0.25, 0.3) is 0 Å². The van der Waals surface area contributed by atoms with Crippen LogP contribution in [0.1, 0.15) is 0 Å². The van der Waals surface area contributed by atoms with E-state index < -0.39 is 11.6 Å². The second-order valence-electron chi connectivity index (χ2n) is 3.18. The van der Waals surface area contributed by atoms with Crippen molar-refractivity contribution in [2.24, 2.45) is 5.92 Å². The molecule has 2 nitrogen and oxygen atoms in total. The molecule has 1 aromatic rings. The molecule has 1 fully saturated rings. The van der Waals surface area contributed by atoms with Gasteiger partial charge in [-0.25, -0.2) is 4.39 Å². The van der Waals surface area contributed by atoms with Crippen molar-refractivity contribution in [2.45, 2.75) is 0 Å². The largest absolute Gasteiger partial charge is 0.489 e. The van der Waals surface area contributed by atoms with Gasteiger partial charge in [0.15, 0.2) is 11.6 Å². The molecule has 0 unspecified atom stereocenters. The van der Waals surface area contributed by atoms with Gasteiger partial charge in [-0.3, -0.25) is 0 Å². The van der Waals surface area contributed by atoms with E-state index in [1.54, 1.807) is 0 Å². The van der Waals surface area contributed by atoms with E-state index >= 15 is 0 Å². The number of rotatable bonds is 3. The molecule has 1 radical (unpaired) electrons. The van der Waals surface area contributed by atoms with Gasteiger partial charge in [0, 0.05) is 12.0 Å². The molecule has 4 heteroatoms. The van der Waals surface area contributed by atoms with Gasteiger partial charge < -0.3 is 9.47 Å².